The summed E-state index contributed by atoms with van der Waals surface area (Å²) in [5.41, 5.74) is 1.31. The number of benzene rings is 3. The minimum atomic E-state index is -3.80. The Labute approximate surface area is 187 Å². The summed E-state index contributed by atoms with van der Waals surface area (Å²) in [6, 6.07) is 19.7. The molecule has 0 aliphatic heterocycles. The summed E-state index contributed by atoms with van der Waals surface area (Å²) in [5.74, 6) is -0.786. The summed E-state index contributed by atoms with van der Waals surface area (Å²) in [5, 5.41) is 7.83. The van der Waals surface area contributed by atoms with E-state index in [1.807, 2.05) is 12.1 Å². The van der Waals surface area contributed by atoms with Gasteiger partial charge in [0, 0.05) is 15.5 Å². The number of rotatable bonds is 7. The van der Waals surface area contributed by atoms with Crippen LogP contribution >= 0.6 is 21.6 Å². The molecule has 0 aliphatic carbocycles. The van der Waals surface area contributed by atoms with Crippen LogP contribution in [-0.4, -0.2) is 27.4 Å². The molecule has 3 rings (SSSR count). The first-order valence-corrected chi connectivity index (χ1v) is 12.5. The summed E-state index contributed by atoms with van der Waals surface area (Å²) < 4.78 is 27.5. The Balaban J connectivity index is 1.76. The number of ether oxygens (including phenoxy) is 1. The number of anilines is 1. The van der Waals surface area contributed by atoms with Gasteiger partial charge in [-0.2, -0.15) is 0 Å². The van der Waals surface area contributed by atoms with Crippen LogP contribution in [0.5, 0.6) is 0 Å². The van der Waals surface area contributed by atoms with Gasteiger partial charge in [0.05, 0.1) is 23.1 Å². The van der Waals surface area contributed by atoms with Crippen molar-refractivity contribution in [2.75, 3.05) is 12.4 Å². The summed E-state index contributed by atoms with van der Waals surface area (Å²) >= 11 is 0. The number of carbonyl (C=O) groups excluding carboxylic acids is 2. The molecule has 0 heterocycles. The number of nitrogens with two attached hydrogens (primary N) is 1. The Hall–Kier alpha value is -2.79. The van der Waals surface area contributed by atoms with Gasteiger partial charge in [-0.15, -0.1) is 0 Å². The molecule has 10 heteroatoms. The molecule has 0 aromatic heterocycles. The molecule has 7 nitrogen and oxygen atoms in total. The maximum atomic E-state index is 12.8. The Morgan fingerprint density at radius 1 is 0.839 bits per heavy atom. The molecule has 0 unspecified atom stereocenters. The van der Waals surface area contributed by atoms with Crippen LogP contribution in [0.1, 0.15) is 20.7 Å². The zero-order chi connectivity index (χ0) is 22.4. The first-order valence-electron chi connectivity index (χ1n) is 8.84. The zero-order valence-corrected chi connectivity index (χ0v) is 18.7. The topological polar surface area (TPSA) is 116 Å². The maximum Gasteiger partial charge on any atom is 0.339 e. The van der Waals surface area contributed by atoms with E-state index in [1.165, 1.54) is 53.0 Å². The number of sulfonamides is 1. The molecule has 0 aliphatic rings. The van der Waals surface area contributed by atoms with Gasteiger partial charge in [-0.3, -0.25) is 4.79 Å². The van der Waals surface area contributed by atoms with Crippen molar-refractivity contribution in [1.29, 1.82) is 0 Å². The van der Waals surface area contributed by atoms with Crippen LogP contribution in [0.25, 0.3) is 0 Å². The molecule has 1 amide bonds. The second-order valence-corrected chi connectivity index (χ2v) is 9.95. The van der Waals surface area contributed by atoms with Crippen LogP contribution < -0.4 is 10.5 Å². The van der Waals surface area contributed by atoms with Gasteiger partial charge in [-0.1, -0.05) is 45.9 Å². The van der Waals surface area contributed by atoms with Gasteiger partial charge in [-0.25, -0.2) is 18.4 Å². The quantitative estimate of drug-likeness (QED) is 0.390. The second-order valence-electron chi connectivity index (χ2n) is 6.17. The highest BCUT2D eigenvalue weighted by Gasteiger charge is 2.16. The second kappa shape index (κ2) is 10.0. The lowest BCUT2D eigenvalue weighted by Gasteiger charge is -2.11. The van der Waals surface area contributed by atoms with E-state index in [-0.39, 0.29) is 10.8 Å². The van der Waals surface area contributed by atoms with Crippen molar-refractivity contribution in [2.45, 2.75) is 14.7 Å². The molecule has 0 spiro atoms. The van der Waals surface area contributed by atoms with E-state index in [9.17, 15) is 18.0 Å². The van der Waals surface area contributed by atoms with Gasteiger partial charge in [0.1, 0.15) is 0 Å². The van der Waals surface area contributed by atoms with Crippen LogP contribution in [0.3, 0.4) is 0 Å². The third-order valence-corrected chi connectivity index (χ3v) is 7.50. The van der Waals surface area contributed by atoms with Gasteiger partial charge in [-0.05, 0) is 48.5 Å². The number of methoxy groups -OCH3 is 1. The average molecular weight is 475 g/mol. The fourth-order valence-electron chi connectivity index (χ4n) is 2.56. The Bertz CT molecular complexity index is 1210. The molecule has 3 N–H and O–H groups in total. The lowest BCUT2D eigenvalue weighted by molar-refractivity contribution is 0.0596. The lowest BCUT2D eigenvalue weighted by atomic mass is 10.2. The monoisotopic (exact) mass is 474 g/mol. The molecule has 0 bridgehead atoms. The minimum absolute atomic E-state index is 0.0397. The lowest BCUT2D eigenvalue weighted by Crippen LogP contribution is -2.14. The highest BCUT2D eigenvalue weighted by atomic mass is 33.1. The van der Waals surface area contributed by atoms with E-state index in [2.05, 4.69) is 5.32 Å². The van der Waals surface area contributed by atoms with Crippen LogP contribution in [0.15, 0.2) is 87.5 Å². The Kier molecular flexibility index (Phi) is 7.39. The summed E-state index contributed by atoms with van der Waals surface area (Å²) in [6.07, 6.45) is 0. The number of nitrogens with one attached hydrogen (secondary N) is 1. The number of carbonyl (C=O) groups is 2. The van der Waals surface area contributed by atoms with E-state index in [0.717, 1.165) is 0 Å². The number of esters is 1. The SMILES string of the molecule is COC(=O)c1ccccc1SSc1ccccc1C(=O)Nc1ccc(S(N)(=O)=O)cc1. The van der Waals surface area contributed by atoms with E-state index < -0.39 is 16.0 Å². The number of hydrogen-bond donors (Lipinski definition) is 2. The normalized spacial score (nSPS) is 11.0. The Morgan fingerprint density at radius 3 is 1.90 bits per heavy atom. The first kappa shape index (κ1) is 22.9. The van der Waals surface area contributed by atoms with Gasteiger partial charge in [0.25, 0.3) is 5.91 Å². The number of primary sulfonamides is 1. The highest BCUT2D eigenvalue weighted by molar-refractivity contribution is 8.76. The molecule has 0 radical (unpaired) electrons. The van der Waals surface area contributed by atoms with E-state index in [1.54, 1.807) is 36.4 Å². The van der Waals surface area contributed by atoms with Gasteiger partial charge in [0.15, 0.2) is 0 Å². The van der Waals surface area contributed by atoms with Crippen molar-refractivity contribution in [1.82, 2.24) is 0 Å². The van der Waals surface area contributed by atoms with Crippen molar-refractivity contribution < 1.29 is 22.7 Å². The number of amides is 1. The molecule has 160 valence electrons. The number of hydrogen-bond acceptors (Lipinski definition) is 7. The standard InChI is InChI=1S/C21H18N2O5S3/c1-28-21(25)17-7-3-5-9-19(17)30-29-18-8-4-2-6-16(18)20(24)23-14-10-12-15(13-11-14)31(22,26)27/h2-13H,1H3,(H,23,24)(H2,22,26,27). The highest BCUT2D eigenvalue weighted by Crippen LogP contribution is 2.40. The molecule has 0 saturated carbocycles. The van der Waals surface area contributed by atoms with Crippen LogP contribution in [0, 0.1) is 0 Å². The Morgan fingerprint density at radius 2 is 1.35 bits per heavy atom. The molecular weight excluding hydrogens is 456 g/mol. The first-order chi connectivity index (χ1) is 14.8. The molecule has 0 atom stereocenters. The van der Waals surface area contributed by atoms with Crippen molar-refractivity contribution in [3.8, 4) is 0 Å². The largest absolute Gasteiger partial charge is 0.465 e. The third-order valence-electron chi connectivity index (χ3n) is 4.09. The van der Waals surface area contributed by atoms with E-state index in [4.69, 9.17) is 9.88 Å². The molecule has 0 saturated heterocycles. The fourth-order valence-corrected chi connectivity index (χ4v) is 5.43. The zero-order valence-electron chi connectivity index (χ0n) is 16.3. The molecule has 3 aromatic rings. The van der Waals surface area contributed by atoms with Crippen molar-refractivity contribution in [2.24, 2.45) is 5.14 Å². The molecular formula is C21H18N2O5S3. The predicted molar refractivity (Wildman–Crippen MR) is 122 cm³/mol. The van der Waals surface area contributed by atoms with Crippen LogP contribution in [-0.2, 0) is 14.8 Å². The van der Waals surface area contributed by atoms with Crippen molar-refractivity contribution >= 4 is 49.2 Å². The van der Waals surface area contributed by atoms with Crippen LogP contribution in [0.4, 0.5) is 5.69 Å². The maximum absolute atomic E-state index is 12.8. The van der Waals surface area contributed by atoms with Crippen LogP contribution in [0.2, 0.25) is 0 Å². The van der Waals surface area contributed by atoms with E-state index in [0.29, 0.717) is 26.6 Å². The van der Waals surface area contributed by atoms with Gasteiger partial charge in [0.2, 0.25) is 10.0 Å². The fraction of sp³-hybridized carbons (Fsp3) is 0.0476. The van der Waals surface area contributed by atoms with Gasteiger partial charge >= 0.3 is 5.97 Å². The molecule has 3 aromatic carbocycles. The third kappa shape index (κ3) is 5.88. The average Bonchev–Trinajstić information content (AvgIpc) is 2.77. The molecule has 0 fully saturated rings. The summed E-state index contributed by atoms with van der Waals surface area (Å²) in [6.45, 7) is 0. The minimum Gasteiger partial charge on any atom is -0.465 e. The van der Waals surface area contributed by atoms with Crippen molar-refractivity contribution in [3.63, 3.8) is 0 Å². The summed E-state index contributed by atoms with van der Waals surface area (Å²) in [7, 11) is 0.202. The smallest absolute Gasteiger partial charge is 0.339 e. The van der Waals surface area contributed by atoms with Gasteiger partial charge < -0.3 is 10.1 Å². The van der Waals surface area contributed by atoms with Crippen molar-refractivity contribution in [3.05, 3.63) is 83.9 Å². The summed E-state index contributed by atoms with van der Waals surface area (Å²) in [4.78, 5) is 26.1. The predicted octanol–water partition coefficient (Wildman–Crippen LogP) is 4.17. The molecule has 31 heavy (non-hydrogen) atoms. The van der Waals surface area contributed by atoms with E-state index >= 15 is 0 Å².